The summed E-state index contributed by atoms with van der Waals surface area (Å²) in [5.74, 6) is -0.139. The van der Waals surface area contributed by atoms with Crippen molar-refractivity contribution in [1.29, 1.82) is 0 Å². The van der Waals surface area contributed by atoms with Gasteiger partial charge in [-0.3, -0.25) is 9.79 Å². The molecule has 2 aromatic rings. The first-order valence-electron chi connectivity index (χ1n) is 8.97. The molecule has 1 atom stereocenters. The minimum absolute atomic E-state index is 0.141. The van der Waals surface area contributed by atoms with Gasteiger partial charge in [0.25, 0.3) is 0 Å². The Balaban J connectivity index is 2.01. The van der Waals surface area contributed by atoms with E-state index in [4.69, 9.17) is 15.2 Å². The lowest BCUT2D eigenvalue weighted by Crippen LogP contribution is -2.47. The third-order valence-electron chi connectivity index (χ3n) is 4.88. The van der Waals surface area contributed by atoms with E-state index in [1.807, 2.05) is 30.3 Å². The van der Waals surface area contributed by atoms with Gasteiger partial charge in [-0.15, -0.1) is 0 Å². The first kappa shape index (κ1) is 19.6. The topological polar surface area (TPSA) is 73.9 Å². The number of nitrogens with zero attached hydrogens (tertiary/aromatic N) is 1. The Labute approximate surface area is 163 Å². The number of carbonyl (C=O) groups excluding carboxylic acids is 1. The number of primary amides is 1. The van der Waals surface area contributed by atoms with Gasteiger partial charge in [-0.25, -0.2) is 4.39 Å². The quantitative estimate of drug-likeness (QED) is 0.798. The van der Waals surface area contributed by atoms with Crippen molar-refractivity contribution in [2.45, 2.75) is 20.0 Å². The van der Waals surface area contributed by atoms with Crippen LogP contribution in [0.15, 0.2) is 71.1 Å². The number of benzene rings is 2. The standard InChI is InChI=1S/C22H23FN2O3/c1-15-19(27-2)20(28-13-17-6-4-3-5-7-17)22(14-25-15,21(24)26)12-16-8-10-18(23)11-9-16/h3-11H,12-14H2,1-2H3,(H2,24,26). The molecule has 0 saturated heterocycles. The molecule has 146 valence electrons. The van der Waals surface area contributed by atoms with E-state index in [0.717, 1.165) is 11.1 Å². The summed E-state index contributed by atoms with van der Waals surface area (Å²) in [5.41, 5.74) is 6.98. The smallest absolute Gasteiger partial charge is 0.233 e. The number of methoxy groups -OCH3 is 1. The molecule has 0 bridgehead atoms. The minimum atomic E-state index is -1.21. The number of hydrogen-bond acceptors (Lipinski definition) is 4. The molecule has 0 aromatic heterocycles. The van der Waals surface area contributed by atoms with Crippen molar-refractivity contribution in [3.05, 3.63) is 83.1 Å². The zero-order chi connectivity index (χ0) is 20.1. The van der Waals surface area contributed by atoms with E-state index >= 15 is 0 Å². The van der Waals surface area contributed by atoms with Crippen molar-refractivity contribution in [3.8, 4) is 0 Å². The predicted molar refractivity (Wildman–Crippen MR) is 105 cm³/mol. The van der Waals surface area contributed by atoms with E-state index in [9.17, 15) is 9.18 Å². The number of aliphatic imine (C=N–C) groups is 1. The molecule has 2 N–H and O–H groups in total. The van der Waals surface area contributed by atoms with Crippen molar-refractivity contribution in [3.63, 3.8) is 0 Å². The zero-order valence-electron chi connectivity index (χ0n) is 15.9. The van der Waals surface area contributed by atoms with Gasteiger partial charge in [0.2, 0.25) is 5.91 Å². The molecule has 0 fully saturated rings. The molecule has 0 aliphatic carbocycles. The van der Waals surface area contributed by atoms with Crippen LogP contribution in [0.3, 0.4) is 0 Å². The molecule has 0 saturated carbocycles. The maximum atomic E-state index is 13.3. The average Bonchev–Trinajstić information content (AvgIpc) is 2.70. The van der Waals surface area contributed by atoms with Crippen LogP contribution < -0.4 is 5.73 Å². The predicted octanol–water partition coefficient (Wildman–Crippen LogP) is 3.39. The lowest BCUT2D eigenvalue weighted by atomic mass is 9.76. The molecular weight excluding hydrogens is 359 g/mol. The lowest BCUT2D eigenvalue weighted by molar-refractivity contribution is -0.127. The number of allylic oxidation sites excluding steroid dienone is 1. The second-order valence-electron chi connectivity index (χ2n) is 6.79. The monoisotopic (exact) mass is 382 g/mol. The Kier molecular flexibility index (Phi) is 5.78. The Morgan fingerprint density at radius 2 is 1.82 bits per heavy atom. The number of amides is 1. The first-order valence-corrected chi connectivity index (χ1v) is 8.97. The Morgan fingerprint density at radius 3 is 2.43 bits per heavy atom. The van der Waals surface area contributed by atoms with Crippen molar-refractivity contribution in [1.82, 2.24) is 0 Å². The highest BCUT2D eigenvalue weighted by Crippen LogP contribution is 2.39. The number of hydrogen-bond donors (Lipinski definition) is 1. The number of halogens is 1. The van der Waals surface area contributed by atoms with Gasteiger partial charge in [0.1, 0.15) is 17.8 Å². The normalized spacial score (nSPS) is 19.2. The van der Waals surface area contributed by atoms with Gasteiger partial charge in [0.15, 0.2) is 11.5 Å². The molecule has 1 aliphatic rings. The van der Waals surface area contributed by atoms with E-state index in [1.54, 1.807) is 19.1 Å². The molecule has 2 aromatic carbocycles. The van der Waals surface area contributed by atoms with Gasteiger partial charge in [0, 0.05) is 0 Å². The van der Waals surface area contributed by atoms with Crippen molar-refractivity contribution in [2.24, 2.45) is 16.1 Å². The summed E-state index contributed by atoms with van der Waals surface area (Å²) in [6.45, 7) is 2.20. The largest absolute Gasteiger partial charge is 0.491 e. The molecular formula is C22H23FN2O3. The molecule has 1 heterocycles. The van der Waals surface area contributed by atoms with Crippen LogP contribution in [-0.4, -0.2) is 25.3 Å². The van der Waals surface area contributed by atoms with Gasteiger partial charge in [-0.05, 0) is 36.6 Å². The first-order chi connectivity index (χ1) is 13.5. The fraction of sp³-hybridized carbons (Fsp3) is 0.273. The Hall–Kier alpha value is -3.15. The maximum Gasteiger partial charge on any atom is 0.233 e. The van der Waals surface area contributed by atoms with E-state index < -0.39 is 11.3 Å². The summed E-state index contributed by atoms with van der Waals surface area (Å²) in [6, 6.07) is 15.6. The molecule has 0 spiro atoms. The summed E-state index contributed by atoms with van der Waals surface area (Å²) in [4.78, 5) is 17.1. The second kappa shape index (κ2) is 8.25. The van der Waals surface area contributed by atoms with Gasteiger partial charge in [0.05, 0.1) is 19.4 Å². The Bertz CT molecular complexity index is 907. The molecule has 1 amide bonds. The summed E-state index contributed by atoms with van der Waals surface area (Å²) in [6.07, 6.45) is 0.233. The SMILES string of the molecule is COC1=C(OCc2ccccc2)C(Cc2ccc(F)cc2)(C(N)=O)CN=C1C. The fourth-order valence-electron chi connectivity index (χ4n) is 3.32. The highest BCUT2D eigenvalue weighted by molar-refractivity contribution is 6.00. The van der Waals surface area contributed by atoms with E-state index in [0.29, 0.717) is 17.2 Å². The lowest BCUT2D eigenvalue weighted by Gasteiger charge is -2.35. The second-order valence-corrected chi connectivity index (χ2v) is 6.79. The van der Waals surface area contributed by atoms with E-state index in [1.165, 1.54) is 19.2 Å². The molecule has 0 radical (unpaired) electrons. The Morgan fingerprint density at radius 1 is 1.14 bits per heavy atom. The van der Waals surface area contributed by atoms with E-state index in [2.05, 4.69) is 4.99 Å². The molecule has 5 nitrogen and oxygen atoms in total. The van der Waals surface area contributed by atoms with Crippen LogP contribution in [0, 0.1) is 11.2 Å². The number of dihydropyridines is 1. The van der Waals surface area contributed by atoms with Gasteiger partial charge in [-0.1, -0.05) is 42.5 Å². The number of carbonyl (C=O) groups is 1. The van der Waals surface area contributed by atoms with Crippen LogP contribution >= 0.6 is 0 Å². The number of rotatable bonds is 7. The van der Waals surface area contributed by atoms with Crippen LogP contribution in [0.4, 0.5) is 4.39 Å². The summed E-state index contributed by atoms with van der Waals surface area (Å²) < 4.78 is 24.9. The highest BCUT2D eigenvalue weighted by atomic mass is 19.1. The zero-order valence-corrected chi connectivity index (χ0v) is 15.9. The fourth-order valence-corrected chi connectivity index (χ4v) is 3.32. The van der Waals surface area contributed by atoms with Crippen molar-refractivity contribution < 1.29 is 18.7 Å². The number of ether oxygens (including phenoxy) is 2. The van der Waals surface area contributed by atoms with Crippen LogP contribution in [0.5, 0.6) is 0 Å². The molecule has 6 heteroatoms. The minimum Gasteiger partial charge on any atom is -0.491 e. The summed E-state index contributed by atoms with van der Waals surface area (Å²) in [7, 11) is 1.51. The summed E-state index contributed by atoms with van der Waals surface area (Å²) >= 11 is 0. The third-order valence-corrected chi connectivity index (χ3v) is 4.88. The van der Waals surface area contributed by atoms with Crippen LogP contribution in [-0.2, 0) is 27.3 Å². The summed E-state index contributed by atoms with van der Waals surface area (Å²) in [5, 5.41) is 0. The number of nitrogens with two attached hydrogens (primary N) is 1. The van der Waals surface area contributed by atoms with Crippen molar-refractivity contribution >= 4 is 11.6 Å². The molecule has 1 aliphatic heterocycles. The van der Waals surface area contributed by atoms with Crippen LogP contribution in [0.1, 0.15) is 18.1 Å². The van der Waals surface area contributed by atoms with Gasteiger partial charge < -0.3 is 15.2 Å². The van der Waals surface area contributed by atoms with Gasteiger partial charge >= 0.3 is 0 Å². The molecule has 1 unspecified atom stereocenters. The van der Waals surface area contributed by atoms with Gasteiger partial charge in [-0.2, -0.15) is 0 Å². The van der Waals surface area contributed by atoms with Crippen molar-refractivity contribution in [2.75, 3.05) is 13.7 Å². The highest BCUT2D eigenvalue weighted by Gasteiger charge is 2.47. The van der Waals surface area contributed by atoms with Crippen LogP contribution in [0.25, 0.3) is 0 Å². The average molecular weight is 382 g/mol. The van der Waals surface area contributed by atoms with E-state index in [-0.39, 0.29) is 25.4 Å². The van der Waals surface area contributed by atoms with Crippen LogP contribution in [0.2, 0.25) is 0 Å². The third kappa shape index (κ3) is 3.91. The molecule has 3 rings (SSSR count). The molecule has 28 heavy (non-hydrogen) atoms. The maximum absolute atomic E-state index is 13.3.